The van der Waals surface area contributed by atoms with Gasteiger partial charge in [-0.25, -0.2) is 0 Å². The summed E-state index contributed by atoms with van der Waals surface area (Å²) >= 11 is 0. The number of ether oxygens (including phenoxy) is 1. The molecule has 0 unspecified atom stereocenters. The fraction of sp³-hybridized carbons (Fsp3) is 0.862. The summed E-state index contributed by atoms with van der Waals surface area (Å²) in [5, 5.41) is 10.0. The van der Waals surface area contributed by atoms with Gasteiger partial charge in [-0.1, -0.05) is 32.4 Å². The van der Waals surface area contributed by atoms with Crippen LogP contribution in [-0.4, -0.2) is 28.6 Å². The molecule has 4 aliphatic carbocycles. The van der Waals surface area contributed by atoms with Crippen molar-refractivity contribution in [2.75, 3.05) is 0 Å². The summed E-state index contributed by atoms with van der Waals surface area (Å²) in [6, 6.07) is 0. The lowest BCUT2D eigenvalue weighted by Gasteiger charge is -2.58. The molecule has 4 nitrogen and oxygen atoms in total. The van der Waals surface area contributed by atoms with E-state index in [1.807, 2.05) is 0 Å². The van der Waals surface area contributed by atoms with E-state index in [2.05, 4.69) is 26.8 Å². The van der Waals surface area contributed by atoms with Crippen LogP contribution in [-0.2, 0) is 14.3 Å². The van der Waals surface area contributed by atoms with Crippen molar-refractivity contribution < 1.29 is 19.4 Å². The number of carbonyl (C=O) groups is 2. The van der Waals surface area contributed by atoms with Crippen LogP contribution in [0.5, 0.6) is 0 Å². The first kappa shape index (κ1) is 24.9. The second-order valence-corrected chi connectivity index (χ2v) is 13.0. The van der Waals surface area contributed by atoms with Gasteiger partial charge >= 0.3 is 5.97 Å². The van der Waals surface area contributed by atoms with Crippen LogP contribution in [0.15, 0.2) is 11.6 Å². The normalized spacial score (nSPS) is 41.3. The van der Waals surface area contributed by atoms with Gasteiger partial charge in [-0.3, -0.25) is 9.59 Å². The van der Waals surface area contributed by atoms with Crippen LogP contribution < -0.4 is 0 Å². The number of esters is 1. The number of hydrogen-bond acceptors (Lipinski definition) is 4. The summed E-state index contributed by atoms with van der Waals surface area (Å²) in [4.78, 5) is 23.8. The minimum atomic E-state index is -1.21. The summed E-state index contributed by atoms with van der Waals surface area (Å²) in [5.74, 6) is 3.30. The highest BCUT2D eigenvalue weighted by Gasteiger charge is 2.59. The Hall–Kier alpha value is -1.16. The Balaban J connectivity index is 1.46. The fourth-order valence-electron chi connectivity index (χ4n) is 8.80. The standard InChI is InChI=1S/C29H46O4/c1-18(7-12-26(31)27(3,4)32)23-10-11-24-22-9-8-20-17-21(33-19(2)30)13-15-28(20,5)25(22)14-16-29(23,24)6/h8,18,21-25,32H,7,9-17H2,1-6H3/t18-,21-,22+,23-,24+,25+,28+,29-/m1/s1. The molecule has 0 radical (unpaired) electrons. The molecule has 3 fully saturated rings. The summed E-state index contributed by atoms with van der Waals surface area (Å²) < 4.78 is 5.59. The first-order valence-electron chi connectivity index (χ1n) is 13.5. The molecule has 0 aromatic heterocycles. The zero-order valence-electron chi connectivity index (χ0n) is 21.8. The van der Waals surface area contributed by atoms with Crippen LogP contribution in [0.2, 0.25) is 0 Å². The minimum absolute atomic E-state index is 0.0278. The molecule has 0 aromatic rings. The third-order valence-electron chi connectivity index (χ3n) is 10.7. The molecule has 33 heavy (non-hydrogen) atoms. The molecule has 3 saturated carbocycles. The molecular weight excluding hydrogens is 412 g/mol. The second kappa shape index (κ2) is 8.81. The van der Waals surface area contributed by atoms with Gasteiger partial charge in [-0.2, -0.15) is 0 Å². The predicted octanol–water partition coefficient (Wildman–Crippen LogP) is 6.25. The van der Waals surface area contributed by atoms with Crippen LogP contribution in [0, 0.1) is 40.4 Å². The molecule has 4 heteroatoms. The SMILES string of the molecule is CC(=O)O[C@@H]1CC[C@@]2(C)C(=CC[C@H]3[C@@H]4CC[C@H]([C@H](C)CCC(=O)C(C)(C)O)[C@@]4(C)CC[C@@H]32)C1. The summed E-state index contributed by atoms with van der Waals surface area (Å²) in [6.07, 6.45) is 13.4. The van der Waals surface area contributed by atoms with E-state index in [1.165, 1.54) is 39.0 Å². The average molecular weight is 459 g/mol. The summed E-state index contributed by atoms with van der Waals surface area (Å²) in [6.45, 7) is 12.1. The maximum Gasteiger partial charge on any atom is 0.302 e. The molecule has 1 N–H and O–H groups in total. The third-order valence-corrected chi connectivity index (χ3v) is 10.7. The van der Waals surface area contributed by atoms with Gasteiger partial charge in [0.2, 0.25) is 0 Å². The highest BCUT2D eigenvalue weighted by atomic mass is 16.5. The van der Waals surface area contributed by atoms with Crippen molar-refractivity contribution in [1.29, 1.82) is 0 Å². The van der Waals surface area contributed by atoms with Gasteiger partial charge in [-0.05, 0) is 106 Å². The van der Waals surface area contributed by atoms with Gasteiger partial charge in [0.25, 0.3) is 0 Å². The molecule has 186 valence electrons. The van der Waals surface area contributed by atoms with Crippen LogP contribution in [0.3, 0.4) is 0 Å². The van der Waals surface area contributed by atoms with Crippen molar-refractivity contribution in [2.45, 2.75) is 117 Å². The minimum Gasteiger partial charge on any atom is -0.462 e. The molecule has 0 aromatic carbocycles. The van der Waals surface area contributed by atoms with Crippen LogP contribution >= 0.6 is 0 Å². The number of carbonyl (C=O) groups excluding carboxylic acids is 2. The van der Waals surface area contributed by atoms with E-state index >= 15 is 0 Å². The Kier molecular flexibility index (Phi) is 6.66. The molecule has 0 saturated heterocycles. The zero-order valence-corrected chi connectivity index (χ0v) is 21.8. The first-order chi connectivity index (χ1) is 15.4. The van der Waals surface area contributed by atoms with Gasteiger partial charge in [0.15, 0.2) is 5.78 Å². The van der Waals surface area contributed by atoms with Crippen molar-refractivity contribution in [2.24, 2.45) is 40.4 Å². The Bertz CT molecular complexity index is 807. The molecule has 0 spiro atoms. The van der Waals surface area contributed by atoms with E-state index in [1.54, 1.807) is 19.4 Å². The lowest BCUT2D eigenvalue weighted by molar-refractivity contribution is -0.148. The highest BCUT2D eigenvalue weighted by molar-refractivity contribution is 5.86. The number of fused-ring (bicyclic) bond motifs is 5. The molecular formula is C29H46O4. The smallest absolute Gasteiger partial charge is 0.302 e. The fourth-order valence-corrected chi connectivity index (χ4v) is 8.80. The van der Waals surface area contributed by atoms with Crippen molar-refractivity contribution in [1.82, 2.24) is 0 Å². The Morgan fingerprint density at radius 2 is 1.88 bits per heavy atom. The van der Waals surface area contributed by atoms with Crippen molar-refractivity contribution in [3.05, 3.63) is 11.6 Å². The quantitative estimate of drug-likeness (QED) is 0.377. The predicted molar refractivity (Wildman–Crippen MR) is 130 cm³/mol. The van der Waals surface area contributed by atoms with E-state index in [-0.39, 0.29) is 23.3 Å². The zero-order chi connectivity index (χ0) is 24.2. The van der Waals surface area contributed by atoms with Crippen LogP contribution in [0.4, 0.5) is 0 Å². The number of rotatable bonds is 6. The van der Waals surface area contributed by atoms with E-state index in [9.17, 15) is 14.7 Å². The van der Waals surface area contributed by atoms with E-state index in [0.29, 0.717) is 23.7 Å². The third kappa shape index (κ3) is 4.46. The molecule has 0 heterocycles. The molecule has 0 aliphatic heterocycles. The summed E-state index contributed by atoms with van der Waals surface area (Å²) in [5.41, 5.74) is 0.979. The van der Waals surface area contributed by atoms with Gasteiger partial charge in [-0.15, -0.1) is 0 Å². The second-order valence-electron chi connectivity index (χ2n) is 13.0. The highest BCUT2D eigenvalue weighted by Crippen LogP contribution is 2.67. The van der Waals surface area contributed by atoms with Crippen LogP contribution in [0.25, 0.3) is 0 Å². The van der Waals surface area contributed by atoms with E-state index in [0.717, 1.165) is 43.4 Å². The molecule has 4 aliphatic rings. The maximum atomic E-state index is 12.3. The van der Waals surface area contributed by atoms with Gasteiger partial charge in [0.1, 0.15) is 11.7 Å². The van der Waals surface area contributed by atoms with Crippen molar-refractivity contribution in [3.8, 4) is 0 Å². The van der Waals surface area contributed by atoms with Crippen molar-refractivity contribution >= 4 is 11.8 Å². The number of aliphatic hydroxyl groups is 1. The maximum absolute atomic E-state index is 12.3. The van der Waals surface area contributed by atoms with Crippen LogP contribution in [0.1, 0.15) is 106 Å². The monoisotopic (exact) mass is 458 g/mol. The Labute approximate surface area is 200 Å². The summed E-state index contributed by atoms with van der Waals surface area (Å²) in [7, 11) is 0. The number of ketones is 1. The van der Waals surface area contributed by atoms with Gasteiger partial charge in [0.05, 0.1) is 0 Å². The Morgan fingerprint density at radius 3 is 2.55 bits per heavy atom. The largest absolute Gasteiger partial charge is 0.462 e. The molecule has 0 amide bonds. The van der Waals surface area contributed by atoms with Gasteiger partial charge < -0.3 is 9.84 Å². The lowest BCUT2D eigenvalue weighted by atomic mass is 9.47. The van der Waals surface area contributed by atoms with E-state index < -0.39 is 5.60 Å². The molecule has 8 atom stereocenters. The first-order valence-corrected chi connectivity index (χ1v) is 13.5. The van der Waals surface area contributed by atoms with E-state index in [4.69, 9.17) is 4.74 Å². The average Bonchev–Trinajstić information content (AvgIpc) is 3.08. The molecule has 4 rings (SSSR count). The van der Waals surface area contributed by atoms with Crippen molar-refractivity contribution in [3.63, 3.8) is 0 Å². The number of allylic oxidation sites excluding steroid dienone is 1. The molecule has 0 bridgehead atoms. The number of Topliss-reactive ketones (excluding diaryl/α,β-unsaturated/α-hetero) is 1. The lowest BCUT2D eigenvalue weighted by Crippen LogP contribution is -2.51. The van der Waals surface area contributed by atoms with Gasteiger partial charge in [0, 0.05) is 19.8 Å². The topological polar surface area (TPSA) is 63.6 Å². The Morgan fingerprint density at radius 1 is 1.15 bits per heavy atom. The number of hydrogen-bond donors (Lipinski definition) is 1.